The summed E-state index contributed by atoms with van der Waals surface area (Å²) in [6.07, 6.45) is 0. The van der Waals surface area contributed by atoms with E-state index in [2.05, 4.69) is 40.3 Å². The third kappa shape index (κ3) is 2.58. The zero-order valence-corrected chi connectivity index (χ0v) is 10.6. The van der Waals surface area contributed by atoms with Crippen LogP contribution in [0.25, 0.3) is 0 Å². The highest BCUT2D eigenvalue weighted by Crippen LogP contribution is 2.24. The van der Waals surface area contributed by atoms with Gasteiger partial charge in [0.25, 0.3) is 0 Å². The van der Waals surface area contributed by atoms with E-state index in [9.17, 15) is 0 Å². The van der Waals surface area contributed by atoms with Crippen LogP contribution in [0.1, 0.15) is 22.5 Å². The van der Waals surface area contributed by atoms with Gasteiger partial charge in [-0.1, -0.05) is 6.07 Å². The lowest BCUT2D eigenvalue weighted by atomic mass is 10.1. The van der Waals surface area contributed by atoms with Crippen LogP contribution < -0.4 is 0 Å². The molecule has 0 spiro atoms. The lowest BCUT2D eigenvalue weighted by Crippen LogP contribution is -1.75. The number of aromatic nitrogens is 2. The predicted molar refractivity (Wildman–Crippen MR) is 68.2 cm³/mol. The summed E-state index contributed by atoms with van der Waals surface area (Å²) < 4.78 is 0. The van der Waals surface area contributed by atoms with Crippen LogP contribution in [-0.2, 0) is 0 Å². The standard InChI is InChI=1S/C13H16N4/c1-8-5-9(2)7-12(6-8)16-17-13-10(3)14-15-11(13)4/h5-7H,1-4H3,(H,14,15). The number of hydrogen-bond donors (Lipinski definition) is 1. The molecule has 0 radical (unpaired) electrons. The van der Waals surface area contributed by atoms with Gasteiger partial charge in [0.2, 0.25) is 0 Å². The van der Waals surface area contributed by atoms with Crippen LogP contribution in [0.15, 0.2) is 28.4 Å². The fourth-order valence-electron chi connectivity index (χ4n) is 1.81. The summed E-state index contributed by atoms with van der Waals surface area (Å²) in [4.78, 5) is 0. The summed E-state index contributed by atoms with van der Waals surface area (Å²) in [6, 6.07) is 6.15. The first-order valence-electron chi connectivity index (χ1n) is 5.58. The molecule has 0 aliphatic carbocycles. The van der Waals surface area contributed by atoms with Crippen molar-refractivity contribution in [3.05, 3.63) is 40.7 Å². The lowest BCUT2D eigenvalue weighted by Gasteiger charge is -1.98. The van der Waals surface area contributed by atoms with Gasteiger partial charge in [-0.2, -0.15) is 10.2 Å². The van der Waals surface area contributed by atoms with E-state index in [4.69, 9.17) is 0 Å². The van der Waals surface area contributed by atoms with Crippen LogP contribution in [0.3, 0.4) is 0 Å². The average molecular weight is 228 g/mol. The summed E-state index contributed by atoms with van der Waals surface area (Å²) in [6.45, 7) is 7.97. The Hall–Kier alpha value is -1.97. The largest absolute Gasteiger partial charge is 0.280 e. The molecule has 0 bridgehead atoms. The van der Waals surface area contributed by atoms with Gasteiger partial charge in [0.15, 0.2) is 0 Å². The van der Waals surface area contributed by atoms with Crippen molar-refractivity contribution in [1.82, 2.24) is 10.2 Å². The van der Waals surface area contributed by atoms with Crippen molar-refractivity contribution in [3.8, 4) is 0 Å². The Bertz CT molecular complexity index is 527. The second-order valence-electron chi connectivity index (χ2n) is 4.33. The van der Waals surface area contributed by atoms with Crippen LogP contribution in [-0.4, -0.2) is 10.2 Å². The molecular formula is C13H16N4. The van der Waals surface area contributed by atoms with Gasteiger partial charge >= 0.3 is 0 Å². The number of aromatic amines is 1. The molecule has 2 rings (SSSR count). The number of rotatable bonds is 2. The molecule has 0 saturated carbocycles. The van der Waals surface area contributed by atoms with Crippen molar-refractivity contribution < 1.29 is 0 Å². The lowest BCUT2D eigenvalue weighted by molar-refractivity contribution is 1.02. The zero-order chi connectivity index (χ0) is 12.4. The number of hydrogen-bond acceptors (Lipinski definition) is 3. The molecule has 4 nitrogen and oxygen atoms in total. The van der Waals surface area contributed by atoms with E-state index in [1.807, 2.05) is 26.0 Å². The van der Waals surface area contributed by atoms with E-state index >= 15 is 0 Å². The van der Waals surface area contributed by atoms with Gasteiger partial charge in [0.1, 0.15) is 5.69 Å². The van der Waals surface area contributed by atoms with Crippen molar-refractivity contribution in [1.29, 1.82) is 0 Å². The van der Waals surface area contributed by atoms with E-state index in [1.165, 1.54) is 11.1 Å². The van der Waals surface area contributed by atoms with Gasteiger partial charge in [0, 0.05) is 0 Å². The molecule has 1 N–H and O–H groups in total. The van der Waals surface area contributed by atoms with E-state index < -0.39 is 0 Å². The van der Waals surface area contributed by atoms with E-state index in [0.717, 1.165) is 22.8 Å². The number of H-pyrrole nitrogens is 1. The Labute approximate surface area is 101 Å². The Balaban J connectivity index is 2.32. The molecule has 17 heavy (non-hydrogen) atoms. The Morgan fingerprint density at radius 3 is 2.12 bits per heavy atom. The smallest absolute Gasteiger partial charge is 0.129 e. The van der Waals surface area contributed by atoms with Gasteiger partial charge in [-0.25, -0.2) is 0 Å². The molecule has 0 amide bonds. The molecule has 88 valence electrons. The fraction of sp³-hybridized carbons (Fsp3) is 0.308. The molecule has 0 saturated heterocycles. The summed E-state index contributed by atoms with van der Waals surface area (Å²) in [7, 11) is 0. The monoisotopic (exact) mass is 228 g/mol. The summed E-state index contributed by atoms with van der Waals surface area (Å²) >= 11 is 0. The topological polar surface area (TPSA) is 53.4 Å². The highest BCUT2D eigenvalue weighted by Gasteiger charge is 2.04. The molecule has 1 aromatic heterocycles. The van der Waals surface area contributed by atoms with Crippen LogP contribution in [0.5, 0.6) is 0 Å². The minimum absolute atomic E-state index is 0.823. The van der Waals surface area contributed by atoms with Crippen LogP contribution in [0, 0.1) is 27.7 Å². The third-order valence-corrected chi connectivity index (χ3v) is 2.56. The number of nitrogens with one attached hydrogen (secondary N) is 1. The molecule has 0 aliphatic heterocycles. The van der Waals surface area contributed by atoms with Crippen LogP contribution in [0.4, 0.5) is 11.4 Å². The number of nitrogens with zero attached hydrogens (tertiary/aromatic N) is 3. The molecule has 0 atom stereocenters. The second-order valence-corrected chi connectivity index (χ2v) is 4.33. The maximum absolute atomic E-state index is 4.26. The minimum Gasteiger partial charge on any atom is -0.280 e. The van der Waals surface area contributed by atoms with Crippen LogP contribution >= 0.6 is 0 Å². The zero-order valence-electron chi connectivity index (χ0n) is 10.6. The molecule has 1 heterocycles. The Kier molecular flexibility index (Phi) is 3.04. The first-order chi connectivity index (χ1) is 8.06. The number of azo groups is 1. The van der Waals surface area contributed by atoms with Crippen molar-refractivity contribution in [3.63, 3.8) is 0 Å². The number of benzene rings is 1. The van der Waals surface area contributed by atoms with Gasteiger partial charge in [0.05, 0.1) is 17.1 Å². The maximum Gasteiger partial charge on any atom is 0.129 e. The normalized spacial score (nSPS) is 11.3. The van der Waals surface area contributed by atoms with Crippen LogP contribution in [0.2, 0.25) is 0 Å². The van der Waals surface area contributed by atoms with Gasteiger partial charge in [-0.15, -0.1) is 5.11 Å². The van der Waals surface area contributed by atoms with Crippen molar-refractivity contribution in [2.45, 2.75) is 27.7 Å². The second kappa shape index (κ2) is 4.49. The molecule has 0 aliphatic rings. The summed E-state index contributed by atoms with van der Waals surface area (Å²) in [5.41, 5.74) is 5.90. The third-order valence-electron chi connectivity index (χ3n) is 2.56. The van der Waals surface area contributed by atoms with Gasteiger partial charge < -0.3 is 0 Å². The van der Waals surface area contributed by atoms with Crippen molar-refractivity contribution in [2.24, 2.45) is 10.2 Å². The molecule has 0 unspecified atom stereocenters. The van der Waals surface area contributed by atoms with Gasteiger partial charge in [-0.3, -0.25) is 5.10 Å². The van der Waals surface area contributed by atoms with Gasteiger partial charge in [-0.05, 0) is 51.0 Å². The average Bonchev–Trinajstić information content (AvgIpc) is 2.55. The number of aryl methyl sites for hydroxylation is 4. The molecular weight excluding hydrogens is 212 g/mol. The Morgan fingerprint density at radius 2 is 1.59 bits per heavy atom. The SMILES string of the molecule is Cc1cc(C)cc(N=Nc2c(C)n[nH]c2C)c1. The van der Waals surface area contributed by atoms with E-state index in [-0.39, 0.29) is 0 Å². The Morgan fingerprint density at radius 1 is 0.941 bits per heavy atom. The van der Waals surface area contributed by atoms with E-state index in [0.29, 0.717) is 0 Å². The summed E-state index contributed by atoms with van der Waals surface area (Å²) in [5, 5.41) is 15.5. The van der Waals surface area contributed by atoms with Crippen molar-refractivity contribution in [2.75, 3.05) is 0 Å². The quantitative estimate of drug-likeness (QED) is 0.774. The highest BCUT2D eigenvalue weighted by atomic mass is 15.2. The molecule has 0 fully saturated rings. The predicted octanol–water partition coefficient (Wildman–Crippen LogP) is 4.06. The fourth-order valence-corrected chi connectivity index (χ4v) is 1.81. The highest BCUT2D eigenvalue weighted by molar-refractivity contribution is 5.47. The van der Waals surface area contributed by atoms with E-state index in [1.54, 1.807) is 0 Å². The first kappa shape index (κ1) is 11.5. The summed E-state index contributed by atoms with van der Waals surface area (Å²) in [5.74, 6) is 0. The maximum atomic E-state index is 4.26. The molecule has 1 aromatic carbocycles. The minimum atomic E-state index is 0.823. The first-order valence-corrected chi connectivity index (χ1v) is 5.58. The molecule has 4 heteroatoms. The molecule has 2 aromatic rings. The van der Waals surface area contributed by atoms with Crippen molar-refractivity contribution >= 4 is 11.4 Å².